The Morgan fingerprint density at radius 2 is 1.71 bits per heavy atom. The van der Waals surface area contributed by atoms with E-state index in [-0.39, 0.29) is 17.8 Å². The molecule has 0 spiro atoms. The molecule has 2 aliphatic rings. The summed E-state index contributed by atoms with van der Waals surface area (Å²) in [6, 6.07) is 3.09. The first kappa shape index (κ1) is 21.0. The van der Waals surface area contributed by atoms with Crippen LogP contribution in [0.15, 0.2) is 12.1 Å². The molecule has 0 aliphatic carbocycles. The fourth-order valence-corrected chi connectivity index (χ4v) is 4.40. The van der Waals surface area contributed by atoms with E-state index in [0.717, 1.165) is 24.8 Å². The fraction of sp³-hybridized carbons (Fsp3) is 0.696. The number of ether oxygens (including phenoxy) is 3. The van der Waals surface area contributed by atoms with Crippen molar-refractivity contribution in [2.24, 2.45) is 0 Å². The first-order valence-corrected chi connectivity index (χ1v) is 10.9. The van der Waals surface area contributed by atoms with E-state index in [1.807, 2.05) is 0 Å². The molecule has 2 aliphatic heterocycles. The molecule has 156 valence electrons. The van der Waals surface area contributed by atoms with Gasteiger partial charge < -0.3 is 19.3 Å². The molecule has 0 saturated carbocycles. The Balaban J connectivity index is 1.28. The van der Waals surface area contributed by atoms with Crippen LogP contribution in [0.25, 0.3) is 0 Å². The molecule has 3 unspecified atom stereocenters. The summed E-state index contributed by atoms with van der Waals surface area (Å²) in [5, 5.41) is 9.85. The van der Waals surface area contributed by atoms with Crippen molar-refractivity contribution in [3.63, 3.8) is 0 Å². The molecule has 3 atom stereocenters. The summed E-state index contributed by atoms with van der Waals surface area (Å²) >= 11 is 0. The number of hydrogen-bond donors (Lipinski definition) is 1. The number of carbonyl (C=O) groups excluding carboxylic acids is 1. The first-order chi connectivity index (χ1) is 13.6. The zero-order chi connectivity index (χ0) is 19.9. The van der Waals surface area contributed by atoms with Crippen molar-refractivity contribution in [2.45, 2.75) is 95.9 Å². The van der Waals surface area contributed by atoms with E-state index in [0.29, 0.717) is 23.5 Å². The van der Waals surface area contributed by atoms with Gasteiger partial charge in [-0.05, 0) is 45.1 Å². The fourth-order valence-electron chi connectivity index (χ4n) is 4.40. The summed E-state index contributed by atoms with van der Waals surface area (Å²) in [7, 11) is 1.50. The van der Waals surface area contributed by atoms with Crippen LogP contribution in [0.1, 0.15) is 99.6 Å². The normalized spacial score (nSPS) is 23.6. The number of hydrogen-bond acceptors (Lipinski definition) is 5. The van der Waals surface area contributed by atoms with E-state index in [1.54, 1.807) is 6.07 Å². The predicted molar refractivity (Wildman–Crippen MR) is 108 cm³/mol. The number of aromatic hydroxyl groups is 1. The number of fused-ring (bicyclic) bond motifs is 1. The van der Waals surface area contributed by atoms with Crippen LogP contribution in [0.2, 0.25) is 0 Å². The van der Waals surface area contributed by atoms with Crippen molar-refractivity contribution >= 4 is 5.97 Å². The Morgan fingerprint density at radius 3 is 2.36 bits per heavy atom. The predicted octanol–water partition coefficient (Wildman–Crippen LogP) is 5.69. The van der Waals surface area contributed by atoms with Gasteiger partial charge in [0.1, 0.15) is 23.2 Å². The molecule has 0 radical (unpaired) electrons. The van der Waals surface area contributed by atoms with Crippen molar-refractivity contribution in [3.05, 3.63) is 23.3 Å². The van der Waals surface area contributed by atoms with Crippen molar-refractivity contribution in [1.82, 2.24) is 0 Å². The number of unbranched alkanes of at least 4 members (excludes halogenated alkanes) is 6. The molecule has 1 aromatic carbocycles. The van der Waals surface area contributed by atoms with Crippen LogP contribution >= 0.6 is 0 Å². The second kappa shape index (κ2) is 10.1. The van der Waals surface area contributed by atoms with E-state index in [9.17, 15) is 9.90 Å². The first-order valence-electron chi connectivity index (χ1n) is 10.9. The van der Waals surface area contributed by atoms with Gasteiger partial charge in [0.2, 0.25) is 0 Å². The maximum atomic E-state index is 12.1. The molecule has 0 aromatic heterocycles. The molecule has 5 nitrogen and oxygen atoms in total. The third-order valence-electron chi connectivity index (χ3n) is 5.95. The topological polar surface area (TPSA) is 65.0 Å². The van der Waals surface area contributed by atoms with Crippen LogP contribution in [0, 0.1) is 0 Å². The summed E-state index contributed by atoms with van der Waals surface area (Å²) in [4.78, 5) is 12.1. The van der Waals surface area contributed by atoms with Crippen LogP contribution < -0.4 is 4.74 Å². The lowest BCUT2D eigenvalue weighted by molar-refractivity contribution is 0.0361. The molecule has 1 fully saturated rings. The second-order valence-electron chi connectivity index (χ2n) is 8.20. The summed E-state index contributed by atoms with van der Waals surface area (Å²) in [5.41, 5.74) is 1.22. The van der Waals surface area contributed by atoms with E-state index in [4.69, 9.17) is 14.2 Å². The Morgan fingerprint density at radius 1 is 1.04 bits per heavy atom. The number of methoxy groups -OCH3 is 1. The van der Waals surface area contributed by atoms with Crippen LogP contribution in [0.5, 0.6) is 11.5 Å². The number of phenolic OH excluding ortho intramolecular Hbond substituents is 1. The average molecular weight is 391 g/mol. The van der Waals surface area contributed by atoms with Gasteiger partial charge in [-0.1, -0.05) is 38.5 Å². The van der Waals surface area contributed by atoms with Gasteiger partial charge >= 0.3 is 5.97 Å². The monoisotopic (exact) mass is 390 g/mol. The zero-order valence-electron chi connectivity index (χ0n) is 17.2. The van der Waals surface area contributed by atoms with Gasteiger partial charge in [0.05, 0.1) is 19.3 Å². The highest BCUT2D eigenvalue weighted by molar-refractivity contribution is 5.97. The highest BCUT2D eigenvalue weighted by Crippen LogP contribution is 2.41. The number of benzene rings is 1. The Hall–Kier alpha value is -1.75. The molecule has 28 heavy (non-hydrogen) atoms. The summed E-state index contributed by atoms with van der Waals surface area (Å²) in [6.45, 7) is 2.17. The van der Waals surface area contributed by atoms with Gasteiger partial charge in [-0.3, -0.25) is 0 Å². The lowest BCUT2D eigenvalue weighted by Crippen LogP contribution is -2.07. The van der Waals surface area contributed by atoms with Crippen LogP contribution in [-0.2, 0) is 9.47 Å². The average Bonchev–Trinajstić information content (AvgIpc) is 3.22. The number of rotatable bonds is 11. The summed E-state index contributed by atoms with van der Waals surface area (Å²) in [6.07, 6.45) is 13.7. The third kappa shape index (κ3) is 5.40. The number of carbonyl (C=O) groups is 1. The smallest absolute Gasteiger partial charge is 0.342 e. The molecule has 1 saturated heterocycles. The van der Waals surface area contributed by atoms with E-state index in [1.165, 1.54) is 64.5 Å². The van der Waals surface area contributed by atoms with Gasteiger partial charge in [0.25, 0.3) is 0 Å². The zero-order valence-corrected chi connectivity index (χ0v) is 17.2. The van der Waals surface area contributed by atoms with Gasteiger partial charge in [0, 0.05) is 11.6 Å². The number of cyclic esters (lactones) is 1. The van der Waals surface area contributed by atoms with Gasteiger partial charge in [0.15, 0.2) is 0 Å². The number of phenols is 1. The summed E-state index contributed by atoms with van der Waals surface area (Å²) < 4.78 is 16.6. The maximum Gasteiger partial charge on any atom is 0.342 e. The molecule has 3 rings (SSSR count). The number of esters is 1. The van der Waals surface area contributed by atoms with Crippen LogP contribution in [0.3, 0.4) is 0 Å². The van der Waals surface area contributed by atoms with Crippen LogP contribution in [-0.4, -0.2) is 30.4 Å². The van der Waals surface area contributed by atoms with E-state index < -0.39 is 0 Å². The Kier molecular flexibility index (Phi) is 7.60. The van der Waals surface area contributed by atoms with E-state index >= 15 is 0 Å². The van der Waals surface area contributed by atoms with Crippen molar-refractivity contribution in [1.29, 1.82) is 0 Å². The largest absolute Gasteiger partial charge is 0.508 e. The molecule has 1 N–H and O–H groups in total. The van der Waals surface area contributed by atoms with Crippen molar-refractivity contribution in [3.8, 4) is 11.5 Å². The molecular formula is C23H34O5. The second-order valence-corrected chi connectivity index (χ2v) is 8.20. The van der Waals surface area contributed by atoms with Crippen LogP contribution in [0.4, 0.5) is 0 Å². The van der Waals surface area contributed by atoms with Gasteiger partial charge in [-0.15, -0.1) is 0 Å². The lowest BCUT2D eigenvalue weighted by atomic mass is 9.98. The third-order valence-corrected chi connectivity index (χ3v) is 5.95. The van der Waals surface area contributed by atoms with Crippen molar-refractivity contribution in [2.75, 3.05) is 7.11 Å². The molecule has 0 bridgehead atoms. The molecular weight excluding hydrogens is 356 g/mol. The standard InChI is InChI=1S/C23H34O5/c1-16-12-13-18(27-16)10-8-6-4-3-5-7-9-11-20-19-14-17(24)15-21(26-2)22(19)23(25)28-20/h14-16,18,20,24H,3-13H2,1-2H3. The van der Waals surface area contributed by atoms with Gasteiger partial charge in [-0.25, -0.2) is 4.79 Å². The Bertz CT molecular complexity index is 657. The highest BCUT2D eigenvalue weighted by Gasteiger charge is 2.34. The molecule has 2 heterocycles. The van der Waals surface area contributed by atoms with Gasteiger partial charge in [-0.2, -0.15) is 0 Å². The quantitative estimate of drug-likeness (QED) is 0.388. The molecule has 5 heteroatoms. The van der Waals surface area contributed by atoms with Crippen molar-refractivity contribution < 1.29 is 24.1 Å². The Labute approximate surface area is 168 Å². The lowest BCUT2D eigenvalue weighted by Gasteiger charge is -2.11. The minimum absolute atomic E-state index is 0.108. The minimum Gasteiger partial charge on any atom is -0.508 e. The summed E-state index contributed by atoms with van der Waals surface area (Å²) in [5.74, 6) is 0.147. The SMILES string of the molecule is COc1cc(O)cc2c1C(=O)OC2CCCCCCCCCC1CCC(C)O1. The minimum atomic E-state index is -0.350. The molecule has 1 aromatic rings. The maximum absolute atomic E-state index is 12.1. The molecule has 0 amide bonds. The highest BCUT2D eigenvalue weighted by atomic mass is 16.6. The van der Waals surface area contributed by atoms with E-state index in [2.05, 4.69) is 6.92 Å².